The van der Waals surface area contributed by atoms with Crippen LogP contribution >= 0.6 is 0 Å². The predicted octanol–water partition coefficient (Wildman–Crippen LogP) is 3.99. The Morgan fingerprint density at radius 2 is 2.00 bits per heavy atom. The summed E-state index contributed by atoms with van der Waals surface area (Å²) in [4.78, 5) is 4.00. The number of fused-ring (bicyclic) bond motifs is 1. The Bertz CT molecular complexity index is 896. The Morgan fingerprint density at radius 1 is 1.29 bits per heavy atom. The topological polar surface area (TPSA) is 75.2 Å². The molecule has 2 aromatic rings. The molecule has 8 heteroatoms. The van der Waals surface area contributed by atoms with E-state index in [1.807, 2.05) is 0 Å². The number of nitrogen functional groups attached to an aromatic ring is 1. The fourth-order valence-electron chi connectivity index (χ4n) is 5.09. The summed E-state index contributed by atoms with van der Waals surface area (Å²) in [6.45, 7) is 2.14. The second-order valence-corrected chi connectivity index (χ2v) is 8.52. The molecule has 6 nitrogen and oxygen atoms in total. The summed E-state index contributed by atoms with van der Waals surface area (Å²) in [6.07, 6.45) is 5.01. The summed E-state index contributed by atoms with van der Waals surface area (Å²) in [5.74, 6) is 1.63. The third-order valence-corrected chi connectivity index (χ3v) is 6.50. The van der Waals surface area contributed by atoms with Gasteiger partial charge in [0.1, 0.15) is 0 Å². The lowest BCUT2D eigenvalue weighted by Gasteiger charge is -2.40. The molecule has 28 heavy (non-hydrogen) atoms. The summed E-state index contributed by atoms with van der Waals surface area (Å²) in [7, 11) is 0. The van der Waals surface area contributed by atoms with Gasteiger partial charge in [0.05, 0.1) is 17.9 Å². The monoisotopic (exact) mass is 390 g/mol. The fourth-order valence-corrected chi connectivity index (χ4v) is 5.09. The van der Waals surface area contributed by atoms with Crippen molar-refractivity contribution in [3.63, 3.8) is 0 Å². The van der Waals surface area contributed by atoms with Crippen molar-refractivity contribution in [2.75, 3.05) is 12.3 Å². The normalized spacial score (nSPS) is 30.7. The number of anilines is 1. The predicted molar refractivity (Wildman–Crippen MR) is 99.1 cm³/mol. The van der Waals surface area contributed by atoms with E-state index in [1.165, 1.54) is 18.2 Å². The molecule has 0 amide bonds. The van der Waals surface area contributed by atoms with Gasteiger partial charge in [-0.05, 0) is 57.1 Å². The smallest absolute Gasteiger partial charge is 0.387 e. The highest BCUT2D eigenvalue weighted by molar-refractivity contribution is 5.64. The van der Waals surface area contributed by atoms with E-state index in [-0.39, 0.29) is 23.2 Å². The third kappa shape index (κ3) is 2.77. The standard InChI is InChI=1S/C20H24F2N4O2/c1-10(2)26-15(17-12-7-20(3-4-27-20)8-13(12)17)6-14(25-26)11-5-16(28-19(21)22)18(23)24-9-11/h5-6,9-10,12-13,17,19H,3-4,7-8H2,1-2H3,(H2,23,24)/t12-,13+,17+,20?. The molecule has 150 valence electrons. The highest BCUT2D eigenvalue weighted by atomic mass is 19.3. The lowest BCUT2D eigenvalue weighted by Crippen LogP contribution is -2.42. The number of halogens is 2. The van der Waals surface area contributed by atoms with Crippen LogP contribution in [0.2, 0.25) is 0 Å². The number of aromatic nitrogens is 3. The molecule has 0 bridgehead atoms. The minimum Gasteiger partial charge on any atom is -0.431 e. The molecule has 1 aliphatic heterocycles. The lowest BCUT2D eigenvalue weighted by molar-refractivity contribution is -0.149. The first kappa shape index (κ1) is 17.8. The zero-order valence-electron chi connectivity index (χ0n) is 15.9. The molecule has 0 aromatic carbocycles. The number of hydrogen-bond donors (Lipinski definition) is 1. The first-order chi connectivity index (χ1) is 13.4. The third-order valence-electron chi connectivity index (χ3n) is 6.50. The molecule has 2 aliphatic carbocycles. The van der Waals surface area contributed by atoms with E-state index in [4.69, 9.17) is 15.6 Å². The highest BCUT2D eigenvalue weighted by Crippen LogP contribution is 2.68. The van der Waals surface area contributed by atoms with Crippen molar-refractivity contribution >= 4 is 5.82 Å². The van der Waals surface area contributed by atoms with Gasteiger partial charge in [-0.15, -0.1) is 0 Å². The molecule has 3 fully saturated rings. The lowest BCUT2D eigenvalue weighted by atomic mass is 9.87. The van der Waals surface area contributed by atoms with E-state index in [0.29, 0.717) is 29.0 Å². The molecule has 0 radical (unpaired) electrons. The molecule has 5 rings (SSSR count). The summed E-state index contributed by atoms with van der Waals surface area (Å²) < 4.78 is 37.6. The quantitative estimate of drug-likeness (QED) is 0.835. The van der Waals surface area contributed by atoms with Crippen LogP contribution in [0.15, 0.2) is 18.3 Å². The molecule has 3 aliphatic rings. The molecule has 4 atom stereocenters. The molecule has 1 spiro atoms. The number of rotatable bonds is 5. The van der Waals surface area contributed by atoms with Gasteiger partial charge in [-0.1, -0.05) is 0 Å². The largest absolute Gasteiger partial charge is 0.431 e. The Balaban J connectivity index is 1.44. The van der Waals surface area contributed by atoms with Crippen LogP contribution in [0.1, 0.15) is 50.8 Å². The molecule has 3 heterocycles. The molecular formula is C20H24F2N4O2. The maximum absolute atomic E-state index is 12.6. The van der Waals surface area contributed by atoms with Gasteiger partial charge in [-0.3, -0.25) is 4.68 Å². The number of ether oxygens (including phenoxy) is 2. The molecule has 2 N–H and O–H groups in total. The second-order valence-electron chi connectivity index (χ2n) is 8.52. The van der Waals surface area contributed by atoms with Gasteiger partial charge in [-0.2, -0.15) is 13.9 Å². The van der Waals surface area contributed by atoms with Crippen LogP contribution in [0.3, 0.4) is 0 Å². The summed E-state index contributed by atoms with van der Waals surface area (Å²) in [6, 6.07) is 3.75. The van der Waals surface area contributed by atoms with E-state index in [9.17, 15) is 8.78 Å². The van der Waals surface area contributed by atoms with Crippen molar-refractivity contribution in [3.05, 3.63) is 24.0 Å². The van der Waals surface area contributed by atoms with Crippen molar-refractivity contribution in [3.8, 4) is 17.0 Å². The number of nitrogens with two attached hydrogens (primary N) is 1. The Hall–Kier alpha value is -2.22. The van der Waals surface area contributed by atoms with Gasteiger partial charge in [0, 0.05) is 29.4 Å². The van der Waals surface area contributed by atoms with Gasteiger partial charge in [-0.25, -0.2) is 4.98 Å². The maximum Gasteiger partial charge on any atom is 0.387 e. The van der Waals surface area contributed by atoms with Crippen molar-refractivity contribution in [1.29, 1.82) is 0 Å². The van der Waals surface area contributed by atoms with Crippen LogP contribution < -0.4 is 10.5 Å². The van der Waals surface area contributed by atoms with E-state index >= 15 is 0 Å². The molecule has 2 aromatic heterocycles. The fraction of sp³-hybridized carbons (Fsp3) is 0.600. The zero-order valence-corrected chi connectivity index (χ0v) is 15.9. The van der Waals surface area contributed by atoms with E-state index in [1.54, 1.807) is 6.20 Å². The number of hydrogen-bond acceptors (Lipinski definition) is 5. The summed E-state index contributed by atoms with van der Waals surface area (Å²) in [5, 5.41) is 4.75. The van der Waals surface area contributed by atoms with Gasteiger partial charge in [0.15, 0.2) is 11.6 Å². The van der Waals surface area contributed by atoms with Crippen molar-refractivity contribution in [2.45, 2.75) is 57.3 Å². The van der Waals surface area contributed by atoms with Crippen LogP contribution in [0.4, 0.5) is 14.6 Å². The average molecular weight is 390 g/mol. The Morgan fingerprint density at radius 3 is 2.57 bits per heavy atom. The summed E-state index contributed by atoms with van der Waals surface area (Å²) >= 11 is 0. The van der Waals surface area contributed by atoms with Gasteiger partial charge in [0.25, 0.3) is 0 Å². The first-order valence-electron chi connectivity index (χ1n) is 9.81. The maximum atomic E-state index is 12.6. The van der Waals surface area contributed by atoms with Gasteiger partial charge in [0.2, 0.25) is 0 Å². The first-order valence-corrected chi connectivity index (χ1v) is 9.81. The molecule has 1 saturated heterocycles. The van der Waals surface area contributed by atoms with Crippen LogP contribution in [0.5, 0.6) is 5.75 Å². The van der Waals surface area contributed by atoms with Crippen molar-refractivity contribution in [2.24, 2.45) is 11.8 Å². The number of nitrogens with zero attached hydrogens (tertiary/aromatic N) is 3. The summed E-state index contributed by atoms with van der Waals surface area (Å²) in [5.41, 5.74) is 8.34. The second kappa shape index (κ2) is 6.14. The highest BCUT2D eigenvalue weighted by Gasteiger charge is 2.64. The SMILES string of the molecule is CC(C)n1nc(-c2cnc(N)c(OC(F)F)c2)cc1[C@H]1[C@@H]2CC3(CCO3)C[C@@H]21. The minimum atomic E-state index is -2.95. The van der Waals surface area contributed by atoms with Gasteiger partial charge < -0.3 is 15.2 Å². The average Bonchev–Trinajstić information content (AvgIpc) is 2.99. The molecule has 2 saturated carbocycles. The van der Waals surface area contributed by atoms with E-state index < -0.39 is 6.61 Å². The van der Waals surface area contributed by atoms with Crippen molar-refractivity contribution in [1.82, 2.24) is 14.8 Å². The minimum absolute atomic E-state index is 0.0601. The van der Waals surface area contributed by atoms with Crippen molar-refractivity contribution < 1.29 is 18.3 Å². The number of alkyl halides is 2. The zero-order chi connectivity index (χ0) is 19.6. The number of pyridine rings is 1. The van der Waals surface area contributed by atoms with Crippen LogP contribution in [-0.2, 0) is 4.74 Å². The molecular weight excluding hydrogens is 366 g/mol. The molecule has 1 unspecified atom stereocenters. The Kier molecular flexibility index (Phi) is 3.91. The van der Waals surface area contributed by atoms with Crippen LogP contribution in [-0.4, -0.2) is 33.6 Å². The van der Waals surface area contributed by atoms with Crippen LogP contribution in [0, 0.1) is 11.8 Å². The van der Waals surface area contributed by atoms with Crippen LogP contribution in [0.25, 0.3) is 11.3 Å². The van der Waals surface area contributed by atoms with E-state index in [0.717, 1.165) is 19.4 Å². The van der Waals surface area contributed by atoms with Gasteiger partial charge >= 0.3 is 6.61 Å². The van der Waals surface area contributed by atoms with E-state index in [2.05, 4.69) is 34.3 Å². The Labute approximate surface area is 162 Å².